The second-order valence-corrected chi connectivity index (χ2v) is 3.59. The molecule has 0 saturated heterocycles. The number of nitrogens with two attached hydrogens (primary N) is 1. The molecule has 3 heteroatoms. The monoisotopic (exact) mass is 180 g/mol. The minimum Gasteiger partial charge on any atom is -0.330 e. The van der Waals surface area contributed by atoms with Gasteiger partial charge < -0.3 is 10.6 Å². The molecule has 1 fully saturated rings. The Morgan fingerprint density at radius 3 is 2.69 bits per heavy atom. The van der Waals surface area contributed by atoms with E-state index in [2.05, 4.69) is 5.92 Å². The highest BCUT2D eigenvalue weighted by molar-refractivity contribution is 5.89. The first kappa shape index (κ1) is 10.1. The molecule has 0 radical (unpaired) electrons. The molecule has 0 heterocycles. The van der Waals surface area contributed by atoms with Crippen LogP contribution in [0.3, 0.4) is 0 Å². The van der Waals surface area contributed by atoms with Crippen LogP contribution in [-0.4, -0.2) is 29.4 Å². The predicted molar refractivity (Wildman–Crippen MR) is 51.9 cm³/mol. The minimum absolute atomic E-state index is 0.0206. The van der Waals surface area contributed by atoms with E-state index in [0.717, 1.165) is 19.3 Å². The molecule has 0 aliphatic heterocycles. The lowest BCUT2D eigenvalue weighted by Gasteiger charge is -2.22. The molecule has 1 saturated carbocycles. The Kier molecular flexibility index (Phi) is 2.94. The van der Waals surface area contributed by atoms with Crippen molar-refractivity contribution in [2.75, 3.05) is 13.1 Å². The number of rotatable bonds is 4. The summed E-state index contributed by atoms with van der Waals surface area (Å²) in [4.78, 5) is 13.4. The van der Waals surface area contributed by atoms with Crippen molar-refractivity contribution >= 4 is 5.91 Å². The van der Waals surface area contributed by atoms with E-state index in [-0.39, 0.29) is 5.91 Å². The van der Waals surface area contributed by atoms with E-state index in [0.29, 0.717) is 13.1 Å². The second-order valence-electron chi connectivity index (χ2n) is 3.59. The van der Waals surface area contributed by atoms with Gasteiger partial charge in [-0.15, -0.1) is 6.42 Å². The summed E-state index contributed by atoms with van der Waals surface area (Å²) in [5.41, 5.74) is 5.21. The van der Waals surface area contributed by atoms with Gasteiger partial charge in [0.25, 0.3) is 0 Å². The highest BCUT2D eigenvalue weighted by Gasteiger charge is 2.47. The van der Waals surface area contributed by atoms with Crippen LogP contribution < -0.4 is 5.73 Å². The summed E-state index contributed by atoms with van der Waals surface area (Å²) in [7, 11) is 0. The Morgan fingerprint density at radius 1 is 1.69 bits per heavy atom. The number of amides is 1. The zero-order chi connectivity index (χ0) is 9.90. The lowest BCUT2D eigenvalue weighted by molar-refractivity contribution is -0.133. The lowest BCUT2D eigenvalue weighted by Crippen LogP contribution is -2.46. The molecule has 2 N–H and O–H groups in total. The van der Waals surface area contributed by atoms with Gasteiger partial charge in [0.05, 0.1) is 12.1 Å². The smallest absolute Gasteiger partial charge is 0.243 e. The molecule has 0 bridgehead atoms. The first-order chi connectivity index (χ1) is 6.14. The molecule has 0 spiro atoms. The molecule has 72 valence electrons. The summed E-state index contributed by atoms with van der Waals surface area (Å²) in [6.07, 6.45) is 7.70. The van der Waals surface area contributed by atoms with E-state index in [1.165, 1.54) is 0 Å². The van der Waals surface area contributed by atoms with Crippen LogP contribution in [0.1, 0.15) is 26.2 Å². The van der Waals surface area contributed by atoms with E-state index in [9.17, 15) is 4.79 Å². The molecule has 1 aliphatic rings. The van der Waals surface area contributed by atoms with Gasteiger partial charge in [0.1, 0.15) is 0 Å². The average Bonchev–Trinajstić information content (AvgIpc) is 2.84. The van der Waals surface area contributed by atoms with Crippen molar-refractivity contribution in [3.05, 3.63) is 0 Å². The van der Waals surface area contributed by atoms with Gasteiger partial charge in [0.2, 0.25) is 5.91 Å². The van der Waals surface area contributed by atoms with Crippen molar-refractivity contribution in [1.82, 2.24) is 4.90 Å². The molecule has 0 atom stereocenters. The van der Waals surface area contributed by atoms with Gasteiger partial charge in [0.15, 0.2) is 0 Å². The maximum atomic E-state index is 11.7. The molecule has 0 unspecified atom stereocenters. The minimum atomic E-state index is -0.577. The van der Waals surface area contributed by atoms with Crippen LogP contribution in [0.5, 0.6) is 0 Å². The Hall–Kier alpha value is -1.01. The highest BCUT2D eigenvalue weighted by atomic mass is 16.2. The summed E-state index contributed by atoms with van der Waals surface area (Å²) >= 11 is 0. The summed E-state index contributed by atoms with van der Waals surface area (Å²) in [5, 5.41) is 0. The predicted octanol–water partition coefficient (Wildman–Crippen LogP) is 0.349. The van der Waals surface area contributed by atoms with E-state index >= 15 is 0 Å². The Labute approximate surface area is 79.3 Å². The summed E-state index contributed by atoms with van der Waals surface area (Å²) < 4.78 is 0. The second kappa shape index (κ2) is 3.80. The molecular weight excluding hydrogens is 164 g/mol. The number of terminal acetylenes is 1. The Morgan fingerprint density at radius 2 is 2.31 bits per heavy atom. The van der Waals surface area contributed by atoms with Crippen LogP contribution in [0.15, 0.2) is 0 Å². The van der Waals surface area contributed by atoms with Crippen LogP contribution in [-0.2, 0) is 4.79 Å². The molecule has 1 amide bonds. The van der Waals surface area contributed by atoms with Crippen molar-refractivity contribution in [1.29, 1.82) is 0 Å². The lowest BCUT2D eigenvalue weighted by atomic mass is 10.2. The molecule has 0 aromatic rings. The molecule has 13 heavy (non-hydrogen) atoms. The molecule has 1 aliphatic carbocycles. The fourth-order valence-corrected chi connectivity index (χ4v) is 1.30. The van der Waals surface area contributed by atoms with Crippen molar-refractivity contribution in [3.8, 4) is 12.3 Å². The van der Waals surface area contributed by atoms with Crippen molar-refractivity contribution in [2.24, 2.45) is 5.73 Å². The van der Waals surface area contributed by atoms with Crippen molar-refractivity contribution < 1.29 is 4.79 Å². The van der Waals surface area contributed by atoms with E-state index in [1.54, 1.807) is 4.90 Å². The number of carbonyl (C=O) groups excluding carboxylic acids is 1. The van der Waals surface area contributed by atoms with Crippen LogP contribution in [0.4, 0.5) is 0 Å². The van der Waals surface area contributed by atoms with Gasteiger partial charge in [-0.25, -0.2) is 0 Å². The van der Waals surface area contributed by atoms with Gasteiger partial charge >= 0.3 is 0 Å². The largest absolute Gasteiger partial charge is 0.330 e. The zero-order valence-corrected chi connectivity index (χ0v) is 8.05. The number of carbonyl (C=O) groups is 1. The summed E-state index contributed by atoms with van der Waals surface area (Å²) in [6, 6.07) is 0. The summed E-state index contributed by atoms with van der Waals surface area (Å²) in [5.74, 6) is 2.50. The molecular formula is C10H16N2O. The van der Waals surface area contributed by atoms with Crippen LogP contribution in [0.2, 0.25) is 0 Å². The number of hydrogen-bond acceptors (Lipinski definition) is 2. The van der Waals surface area contributed by atoms with E-state index < -0.39 is 5.54 Å². The number of hydrogen-bond donors (Lipinski definition) is 1. The normalized spacial score (nSPS) is 17.6. The highest BCUT2D eigenvalue weighted by Crippen LogP contribution is 2.34. The van der Waals surface area contributed by atoms with Crippen LogP contribution in [0.25, 0.3) is 0 Å². The van der Waals surface area contributed by atoms with E-state index in [1.807, 2.05) is 6.92 Å². The molecule has 3 nitrogen and oxygen atoms in total. The Balaban J connectivity index is 2.54. The van der Waals surface area contributed by atoms with Crippen molar-refractivity contribution in [3.63, 3.8) is 0 Å². The quantitative estimate of drug-likeness (QED) is 0.634. The van der Waals surface area contributed by atoms with Crippen LogP contribution in [0, 0.1) is 12.3 Å². The van der Waals surface area contributed by atoms with Gasteiger partial charge in [-0.1, -0.05) is 12.8 Å². The third kappa shape index (κ3) is 2.22. The maximum Gasteiger partial charge on any atom is 0.243 e. The first-order valence-corrected chi connectivity index (χ1v) is 4.66. The SMILES string of the molecule is C#CCN(CCC)C(=O)C1(N)CC1. The molecule has 0 aromatic carbocycles. The maximum absolute atomic E-state index is 11.7. The average molecular weight is 180 g/mol. The van der Waals surface area contributed by atoms with E-state index in [4.69, 9.17) is 12.2 Å². The number of nitrogens with zero attached hydrogens (tertiary/aromatic N) is 1. The topological polar surface area (TPSA) is 46.3 Å². The first-order valence-electron chi connectivity index (χ1n) is 4.66. The third-order valence-corrected chi connectivity index (χ3v) is 2.28. The molecule has 0 aromatic heterocycles. The third-order valence-electron chi connectivity index (χ3n) is 2.28. The van der Waals surface area contributed by atoms with Gasteiger partial charge in [-0.3, -0.25) is 4.79 Å². The van der Waals surface area contributed by atoms with Crippen molar-refractivity contribution in [2.45, 2.75) is 31.7 Å². The van der Waals surface area contributed by atoms with Crippen LogP contribution >= 0.6 is 0 Å². The van der Waals surface area contributed by atoms with Gasteiger partial charge in [-0.05, 0) is 19.3 Å². The standard InChI is InChI=1S/C10H16N2O/c1-3-7-12(8-4-2)9(13)10(11)5-6-10/h1H,4-8,11H2,2H3. The fraction of sp³-hybridized carbons (Fsp3) is 0.700. The summed E-state index contributed by atoms with van der Waals surface area (Å²) in [6.45, 7) is 3.11. The fourth-order valence-electron chi connectivity index (χ4n) is 1.30. The zero-order valence-electron chi connectivity index (χ0n) is 8.05. The van der Waals surface area contributed by atoms with Gasteiger partial charge in [-0.2, -0.15) is 0 Å². The van der Waals surface area contributed by atoms with Gasteiger partial charge in [0, 0.05) is 6.54 Å². The molecule has 1 rings (SSSR count). The Bertz CT molecular complexity index is 238.